The summed E-state index contributed by atoms with van der Waals surface area (Å²) in [5.74, 6) is -0.239. The fourth-order valence-corrected chi connectivity index (χ4v) is 3.77. The van der Waals surface area contributed by atoms with Crippen molar-refractivity contribution in [1.29, 1.82) is 0 Å². The highest BCUT2D eigenvalue weighted by Gasteiger charge is 2.29. The maximum Gasteiger partial charge on any atom is 0.293 e. The summed E-state index contributed by atoms with van der Waals surface area (Å²) in [6.45, 7) is 3.43. The molecule has 0 aromatic heterocycles. The molecule has 2 aromatic rings. The molecule has 1 saturated heterocycles. The average molecular weight is 390 g/mol. The second-order valence-electron chi connectivity index (χ2n) is 7.25. The van der Waals surface area contributed by atoms with Gasteiger partial charge in [-0.3, -0.25) is 14.9 Å². The maximum atomic E-state index is 12.9. The fraction of sp³-hybridized carbons (Fsp3) is 0.273. The molecule has 0 N–H and O–H groups in total. The second kappa shape index (κ2) is 7.87. The number of benzene rings is 2. The van der Waals surface area contributed by atoms with Crippen LogP contribution in [0.25, 0.3) is 6.08 Å². The zero-order valence-electron chi connectivity index (χ0n) is 16.2. The van der Waals surface area contributed by atoms with Gasteiger partial charge in [-0.2, -0.15) is 10.1 Å². The van der Waals surface area contributed by atoms with Crippen LogP contribution in [-0.4, -0.2) is 29.6 Å². The largest absolute Gasteiger partial charge is 0.366 e. The van der Waals surface area contributed by atoms with Crippen molar-refractivity contribution < 1.29 is 9.72 Å². The first-order valence-corrected chi connectivity index (χ1v) is 9.75. The number of nitrogens with zero attached hydrogens (tertiary/aromatic N) is 4. The van der Waals surface area contributed by atoms with Crippen molar-refractivity contribution in [3.63, 3.8) is 0 Å². The summed E-state index contributed by atoms with van der Waals surface area (Å²) >= 11 is 0. The molecule has 0 aliphatic carbocycles. The number of anilines is 2. The summed E-state index contributed by atoms with van der Waals surface area (Å²) < 4.78 is 0. The highest BCUT2D eigenvalue weighted by molar-refractivity contribution is 6.32. The Balaban J connectivity index is 1.66. The summed E-state index contributed by atoms with van der Waals surface area (Å²) in [7, 11) is 0. The van der Waals surface area contributed by atoms with E-state index in [-0.39, 0.29) is 16.5 Å². The van der Waals surface area contributed by atoms with Gasteiger partial charge in [-0.25, -0.2) is 0 Å². The lowest BCUT2D eigenvalue weighted by Gasteiger charge is -2.28. The van der Waals surface area contributed by atoms with Crippen LogP contribution < -0.4 is 9.91 Å². The van der Waals surface area contributed by atoms with Crippen molar-refractivity contribution in [1.82, 2.24) is 0 Å². The van der Waals surface area contributed by atoms with Gasteiger partial charge in [0, 0.05) is 19.2 Å². The van der Waals surface area contributed by atoms with Gasteiger partial charge in [0.05, 0.1) is 21.9 Å². The second-order valence-corrected chi connectivity index (χ2v) is 7.25. The molecule has 0 unspecified atom stereocenters. The van der Waals surface area contributed by atoms with Crippen LogP contribution in [0.3, 0.4) is 0 Å². The molecule has 0 atom stereocenters. The highest BCUT2D eigenvalue weighted by atomic mass is 16.6. The molecule has 148 valence electrons. The summed E-state index contributed by atoms with van der Waals surface area (Å²) in [4.78, 5) is 26.3. The van der Waals surface area contributed by atoms with Crippen LogP contribution in [0.2, 0.25) is 0 Å². The molecule has 29 heavy (non-hydrogen) atoms. The van der Waals surface area contributed by atoms with E-state index in [1.807, 2.05) is 36.4 Å². The Morgan fingerprint density at radius 3 is 2.48 bits per heavy atom. The zero-order valence-corrected chi connectivity index (χ0v) is 16.2. The van der Waals surface area contributed by atoms with E-state index in [1.54, 1.807) is 25.1 Å². The summed E-state index contributed by atoms with van der Waals surface area (Å²) in [5.41, 5.74) is 3.04. The van der Waals surface area contributed by atoms with Gasteiger partial charge in [0.15, 0.2) is 0 Å². The van der Waals surface area contributed by atoms with Gasteiger partial charge >= 0.3 is 0 Å². The first kappa shape index (κ1) is 18.9. The number of carbonyl (C=O) groups excluding carboxylic acids is 1. The molecule has 0 spiro atoms. The molecule has 2 aliphatic heterocycles. The average Bonchev–Trinajstić information content (AvgIpc) is 3.03. The standard InChI is InChI=1S/C22H22N4O3/c1-16-19(22(27)25(23-16)18-8-4-2-5-9-18)14-17-10-11-20(21(15-17)26(28)29)24-12-6-3-7-13-24/h2,4-5,8-11,14-15H,3,6-7,12-13H2,1H3/b19-14+. The van der Waals surface area contributed by atoms with Gasteiger partial charge in [0.1, 0.15) is 5.69 Å². The minimum Gasteiger partial charge on any atom is -0.366 e. The molecule has 2 aromatic carbocycles. The number of hydrogen-bond donors (Lipinski definition) is 0. The third-order valence-electron chi connectivity index (χ3n) is 5.27. The number of nitro groups is 1. The van der Waals surface area contributed by atoms with Crippen LogP contribution in [0.15, 0.2) is 59.2 Å². The normalized spacial score (nSPS) is 18.3. The molecule has 2 heterocycles. The van der Waals surface area contributed by atoms with E-state index in [0.717, 1.165) is 32.4 Å². The minimum absolute atomic E-state index is 0.0706. The number of rotatable bonds is 4. The van der Waals surface area contributed by atoms with Gasteiger partial charge in [-0.1, -0.05) is 24.3 Å². The summed E-state index contributed by atoms with van der Waals surface area (Å²) in [5, 5.41) is 17.4. The topological polar surface area (TPSA) is 79.0 Å². The molecule has 1 fully saturated rings. The van der Waals surface area contributed by atoms with E-state index in [9.17, 15) is 14.9 Å². The molecule has 7 nitrogen and oxygen atoms in total. The van der Waals surface area contributed by atoms with Crippen molar-refractivity contribution in [3.8, 4) is 0 Å². The predicted molar refractivity (Wildman–Crippen MR) is 114 cm³/mol. The Labute approximate surface area is 169 Å². The van der Waals surface area contributed by atoms with Crippen LogP contribution >= 0.6 is 0 Å². The highest BCUT2D eigenvalue weighted by Crippen LogP contribution is 2.32. The Hall–Kier alpha value is -3.48. The maximum absolute atomic E-state index is 12.9. The lowest BCUT2D eigenvalue weighted by Crippen LogP contribution is -2.29. The van der Waals surface area contributed by atoms with Crippen molar-refractivity contribution in [2.75, 3.05) is 23.0 Å². The van der Waals surface area contributed by atoms with Crippen LogP contribution in [0.5, 0.6) is 0 Å². The molecule has 0 bridgehead atoms. The monoisotopic (exact) mass is 390 g/mol. The van der Waals surface area contributed by atoms with Crippen LogP contribution in [0, 0.1) is 10.1 Å². The molecule has 1 amide bonds. The zero-order chi connectivity index (χ0) is 20.4. The third kappa shape index (κ3) is 3.76. The number of hydrogen-bond acceptors (Lipinski definition) is 5. The van der Waals surface area contributed by atoms with Crippen LogP contribution in [-0.2, 0) is 4.79 Å². The van der Waals surface area contributed by atoms with Crippen LogP contribution in [0.4, 0.5) is 17.1 Å². The van der Waals surface area contributed by atoms with E-state index in [4.69, 9.17) is 0 Å². The van der Waals surface area contributed by atoms with E-state index in [0.29, 0.717) is 28.2 Å². The number of hydrazone groups is 1. The Bertz CT molecular complexity index is 1010. The third-order valence-corrected chi connectivity index (χ3v) is 5.27. The smallest absolute Gasteiger partial charge is 0.293 e. The first-order chi connectivity index (χ1) is 14.0. The fourth-order valence-electron chi connectivity index (χ4n) is 3.77. The molecule has 2 aliphatic rings. The van der Waals surface area contributed by atoms with Crippen molar-refractivity contribution in [2.45, 2.75) is 26.2 Å². The lowest BCUT2D eigenvalue weighted by molar-refractivity contribution is -0.384. The Morgan fingerprint density at radius 1 is 1.07 bits per heavy atom. The van der Waals surface area contributed by atoms with Gasteiger partial charge in [-0.05, 0) is 56.0 Å². The molecule has 0 radical (unpaired) electrons. The minimum atomic E-state index is -0.348. The Kier molecular flexibility index (Phi) is 5.12. The van der Waals surface area contributed by atoms with E-state index in [2.05, 4.69) is 10.0 Å². The molecular formula is C22H22N4O3. The molecule has 7 heteroatoms. The van der Waals surface area contributed by atoms with E-state index in [1.165, 1.54) is 5.01 Å². The predicted octanol–water partition coefficient (Wildman–Crippen LogP) is 4.39. The van der Waals surface area contributed by atoms with Crippen LogP contribution in [0.1, 0.15) is 31.7 Å². The number of para-hydroxylation sites is 1. The number of piperidine rings is 1. The van der Waals surface area contributed by atoms with E-state index >= 15 is 0 Å². The number of amides is 1. The lowest BCUT2D eigenvalue weighted by atomic mass is 10.0. The van der Waals surface area contributed by atoms with Crippen molar-refractivity contribution in [2.24, 2.45) is 5.10 Å². The van der Waals surface area contributed by atoms with Crippen molar-refractivity contribution >= 4 is 34.8 Å². The number of nitro benzene ring substituents is 1. The van der Waals surface area contributed by atoms with E-state index < -0.39 is 0 Å². The molecular weight excluding hydrogens is 368 g/mol. The quantitative estimate of drug-likeness (QED) is 0.441. The van der Waals surface area contributed by atoms with Gasteiger partial charge in [0.2, 0.25) is 0 Å². The summed E-state index contributed by atoms with van der Waals surface area (Å²) in [6.07, 6.45) is 4.93. The van der Waals surface area contributed by atoms with Crippen molar-refractivity contribution in [3.05, 3.63) is 69.8 Å². The Morgan fingerprint density at radius 2 is 1.79 bits per heavy atom. The van der Waals surface area contributed by atoms with Gasteiger partial charge < -0.3 is 4.90 Å². The summed E-state index contributed by atoms with van der Waals surface area (Å²) in [6, 6.07) is 14.4. The molecule has 0 saturated carbocycles. The molecule has 4 rings (SSSR count). The first-order valence-electron chi connectivity index (χ1n) is 9.75. The SMILES string of the molecule is CC1=NN(c2ccccc2)C(=O)/C1=C/c1ccc(N2CCCCC2)c([N+](=O)[O-])c1. The number of carbonyl (C=O) groups is 1. The van der Waals surface area contributed by atoms with Gasteiger partial charge in [0.25, 0.3) is 11.6 Å². The van der Waals surface area contributed by atoms with Gasteiger partial charge in [-0.15, -0.1) is 0 Å².